The molecule has 1 N–H and O–H groups in total. The lowest BCUT2D eigenvalue weighted by Crippen LogP contribution is -1.99. The molecule has 1 aromatic heterocycles. The van der Waals surface area contributed by atoms with Gasteiger partial charge in [-0.1, -0.05) is 22.0 Å². The molecule has 0 amide bonds. The molecule has 1 unspecified atom stereocenters. The average Bonchev–Trinajstić information content (AvgIpc) is 2.64. The lowest BCUT2D eigenvalue weighted by molar-refractivity contribution is 0.219. The number of aryl methyl sites for hydroxylation is 1. The predicted octanol–water partition coefficient (Wildman–Crippen LogP) is 2.40. The molecular weight excluding hydrogens is 275 g/mol. The van der Waals surface area contributed by atoms with Gasteiger partial charge in [-0.05, 0) is 17.7 Å². The number of benzene rings is 1. The smallest absolute Gasteiger partial charge is 0.124 e. The maximum absolute atomic E-state index is 12.9. The Bertz CT molecular complexity index is 512. The number of aromatic nitrogens is 2. The van der Waals surface area contributed by atoms with Gasteiger partial charge < -0.3 is 5.11 Å². The highest BCUT2D eigenvalue weighted by Crippen LogP contribution is 2.28. The largest absolute Gasteiger partial charge is 0.383 e. The van der Waals surface area contributed by atoms with Crippen molar-refractivity contribution in [2.24, 2.45) is 7.05 Å². The summed E-state index contributed by atoms with van der Waals surface area (Å²) in [6.07, 6.45) is 2.50. The fraction of sp³-hybridized carbons (Fsp3) is 0.182. The number of rotatable bonds is 2. The summed E-state index contributed by atoms with van der Waals surface area (Å²) in [7, 11) is 1.77. The van der Waals surface area contributed by atoms with E-state index in [0.717, 1.165) is 0 Å². The molecule has 0 bridgehead atoms. The van der Waals surface area contributed by atoms with Gasteiger partial charge in [0.1, 0.15) is 11.9 Å². The van der Waals surface area contributed by atoms with Crippen LogP contribution in [0.4, 0.5) is 4.39 Å². The maximum Gasteiger partial charge on any atom is 0.124 e. The second kappa shape index (κ2) is 4.35. The molecule has 2 aromatic rings. The minimum atomic E-state index is -0.802. The van der Waals surface area contributed by atoms with Gasteiger partial charge in [-0.3, -0.25) is 4.68 Å². The number of hydrogen-bond donors (Lipinski definition) is 1. The number of halogens is 2. The highest BCUT2D eigenvalue weighted by molar-refractivity contribution is 9.10. The Morgan fingerprint density at radius 3 is 2.81 bits per heavy atom. The number of aliphatic hydroxyl groups excluding tert-OH is 1. The van der Waals surface area contributed by atoms with Gasteiger partial charge in [0.25, 0.3) is 0 Å². The molecule has 3 nitrogen and oxygen atoms in total. The van der Waals surface area contributed by atoms with Crippen LogP contribution >= 0.6 is 15.9 Å². The van der Waals surface area contributed by atoms with Gasteiger partial charge in [-0.25, -0.2) is 4.39 Å². The van der Waals surface area contributed by atoms with E-state index in [2.05, 4.69) is 21.0 Å². The Kier molecular flexibility index (Phi) is 3.07. The first-order valence-corrected chi connectivity index (χ1v) is 5.49. The van der Waals surface area contributed by atoms with Crippen LogP contribution in [0.25, 0.3) is 0 Å². The van der Waals surface area contributed by atoms with E-state index in [-0.39, 0.29) is 5.82 Å². The predicted molar refractivity (Wildman–Crippen MR) is 61.4 cm³/mol. The van der Waals surface area contributed by atoms with Gasteiger partial charge >= 0.3 is 0 Å². The van der Waals surface area contributed by atoms with E-state index >= 15 is 0 Å². The fourth-order valence-electron chi connectivity index (χ4n) is 1.48. The summed E-state index contributed by atoms with van der Waals surface area (Å²) in [5.41, 5.74) is 1.30. The molecule has 2 rings (SSSR count). The number of hydrogen-bond acceptors (Lipinski definition) is 2. The third kappa shape index (κ3) is 2.15. The van der Waals surface area contributed by atoms with Crippen molar-refractivity contribution in [3.63, 3.8) is 0 Å². The zero-order chi connectivity index (χ0) is 11.7. The summed E-state index contributed by atoms with van der Waals surface area (Å²) in [4.78, 5) is 0. The van der Waals surface area contributed by atoms with Crippen LogP contribution < -0.4 is 0 Å². The molecule has 0 radical (unpaired) electrons. The van der Waals surface area contributed by atoms with Crippen molar-refractivity contribution in [1.82, 2.24) is 9.78 Å². The normalized spacial score (nSPS) is 12.8. The van der Waals surface area contributed by atoms with Crippen LogP contribution in [-0.4, -0.2) is 14.9 Å². The Morgan fingerprint density at radius 2 is 2.25 bits per heavy atom. The summed E-state index contributed by atoms with van der Waals surface area (Å²) in [6, 6.07) is 4.20. The second-order valence-electron chi connectivity index (χ2n) is 3.52. The first-order chi connectivity index (χ1) is 7.58. The van der Waals surface area contributed by atoms with Gasteiger partial charge in [0.2, 0.25) is 0 Å². The van der Waals surface area contributed by atoms with Crippen molar-refractivity contribution in [2.45, 2.75) is 6.10 Å². The van der Waals surface area contributed by atoms with Crippen molar-refractivity contribution in [3.8, 4) is 0 Å². The maximum atomic E-state index is 12.9. The lowest BCUT2D eigenvalue weighted by atomic mass is 10.1. The van der Waals surface area contributed by atoms with Crippen molar-refractivity contribution in [2.75, 3.05) is 0 Å². The first kappa shape index (κ1) is 11.3. The van der Waals surface area contributed by atoms with Crippen LogP contribution in [0.15, 0.2) is 35.1 Å². The molecular formula is C11H10BrFN2O. The molecule has 0 aliphatic rings. The van der Waals surface area contributed by atoms with Gasteiger partial charge in [0, 0.05) is 23.3 Å². The lowest BCUT2D eigenvalue weighted by Gasteiger charge is -2.10. The van der Waals surface area contributed by atoms with Crippen LogP contribution in [0, 0.1) is 5.82 Å². The van der Waals surface area contributed by atoms with Gasteiger partial charge in [-0.2, -0.15) is 5.10 Å². The first-order valence-electron chi connectivity index (χ1n) is 4.69. The van der Waals surface area contributed by atoms with Crippen molar-refractivity contribution in [1.29, 1.82) is 0 Å². The van der Waals surface area contributed by atoms with E-state index in [0.29, 0.717) is 15.6 Å². The molecule has 16 heavy (non-hydrogen) atoms. The summed E-state index contributed by atoms with van der Waals surface area (Å²) >= 11 is 3.22. The minimum absolute atomic E-state index is 0.339. The average molecular weight is 285 g/mol. The second-order valence-corrected chi connectivity index (χ2v) is 4.37. The summed E-state index contributed by atoms with van der Waals surface area (Å²) < 4.78 is 15.0. The Hall–Kier alpha value is -1.20. The zero-order valence-electron chi connectivity index (χ0n) is 8.56. The van der Waals surface area contributed by atoms with E-state index in [1.165, 1.54) is 12.1 Å². The molecule has 1 atom stereocenters. The Balaban J connectivity index is 2.37. The molecule has 5 heteroatoms. The molecule has 0 spiro atoms. The third-order valence-electron chi connectivity index (χ3n) is 2.30. The SMILES string of the molecule is Cn1cc(C(O)c2ccc(F)cc2Br)cn1. The molecule has 0 aliphatic carbocycles. The van der Waals surface area contributed by atoms with Crippen LogP contribution in [0.1, 0.15) is 17.2 Å². The van der Waals surface area contributed by atoms with Crippen LogP contribution in [-0.2, 0) is 7.05 Å². The fourth-order valence-corrected chi connectivity index (χ4v) is 2.05. The van der Waals surface area contributed by atoms with E-state index in [9.17, 15) is 9.50 Å². The van der Waals surface area contributed by atoms with Crippen LogP contribution in [0.2, 0.25) is 0 Å². The molecule has 0 fully saturated rings. The summed E-state index contributed by atoms with van der Waals surface area (Å²) in [6.45, 7) is 0. The molecule has 0 saturated heterocycles. The number of aliphatic hydroxyl groups is 1. The van der Waals surface area contributed by atoms with Gasteiger partial charge in [0.05, 0.1) is 6.20 Å². The van der Waals surface area contributed by atoms with E-state index in [1.54, 1.807) is 30.2 Å². The highest BCUT2D eigenvalue weighted by atomic mass is 79.9. The van der Waals surface area contributed by atoms with Crippen LogP contribution in [0.3, 0.4) is 0 Å². The highest BCUT2D eigenvalue weighted by Gasteiger charge is 2.15. The standard InChI is InChI=1S/C11H10BrFN2O/c1-15-6-7(5-14-15)11(16)9-3-2-8(13)4-10(9)12/h2-6,11,16H,1H3. The number of nitrogens with zero attached hydrogens (tertiary/aromatic N) is 2. The van der Waals surface area contributed by atoms with E-state index < -0.39 is 6.10 Å². The molecule has 84 valence electrons. The quantitative estimate of drug-likeness (QED) is 0.920. The van der Waals surface area contributed by atoms with Gasteiger partial charge in [0.15, 0.2) is 0 Å². The summed E-state index contributed by atoms with van der Waals surface area (Å²) in [5, 5.41) is 14.0. The van der Waals surface area contributed by atoms with E-state index in [4.69, 9.17) is 0 Å². The Labute approximate surface area is 101 Å². The van der Waals surface area contributed by atoms with Gasteiger partial charge in [-0.15, -0.1) is 0 Å². The Morgan fingerprint density at radius 1 is 1.50 bits per heavy atom. The molecule has 0 saturated carbocycles. The summed E-state index contributed by atoms with van der Waals surface area (Å²) in [5.74, 6) is -0.339. The molecule has 1 aromatic carbocycles. The zero-order valence-corrected chi connectivity index (χ0v) is 10.1. The van der Waals surface area contributed by atoms with Crippen molar-refractivity contribution in [3.05, 3.63) is 52.0 Å². The monoisotopic (exact) mass is 284 g/mol. The van der Waals surface area contributed by atoms with E-state index in [1.807, 2.05) is 0 Å². The van der Waals surface area contributed by atoms with Crippen molar-refractivity contribution >= 4 is 15.9 Å². The third-order valence-corrected chi connectivity index (χ3v) is 2.98. The molecule has 0 aliphatic heterocycles. The minimum Gasteiger partial charge on any atom is -0.383 e. The molecule has 1 heterocycles. The van der Waals surface area contributed by atoms with Crippen LogP contribution in [0.5, 0.6) is 0 Å². The van der Waals surface area contributed by atoms with Crippen molar-refractivity contribution < 1.29 is 9.50 Å². The topological polar surface area (TPSA) is 38.0 Å².